The number of hydrogen-bond acceptors (Lipinski definition) is 5. The van der Waals surface area contributed by atoms with Crippen molar-refractivity contribution < 1.29 is 19.1 Å². The van der Waals surface area contributed by atoms with Crippen molar-refractivity contribution in [3.63, 3.8) is 0 Å². The predicted octanol–water partition coefficient (Wildman–Crippen LogP) is 4.72. The molecule has 0 radical (unpaired) electrons. The molecule has 0 aliphatic rings. The summed E-state index contributed by atoms with van der Waals surface area (Å²) in [6.07, 6.45) is 1.35. The summed E-state index contributed by atoms with van der Waals surface area (Å²) in [6, 6.07) is 18.3. The van der Waals surface area contributed by atoms with Gasteiger partial charge in [0.25, 0.3) is 0 Å². The molecule has 2 amide bonds. The molecule has 0 saturated carbocycles. The summed E-state index contributed by atoms with van der Waals surface area (Å²) in [7, 11) is 0. The lowest BCUT2D eigenvalue weighted by Crippen LogP contribution is -2.32. The summed E-state index contributed by atoms with van der Waals surface area (Å²) >= 11 is 9.31. The number of hydrazone groups is 1. The monoisotopic (exact) mass is 513 g/mol. The quantitative estimate of drug-likeness (QED) is 0.169. The molecular formula is C23H17BrClN3O4. The molecule has 0 unspecified atom stereocenters. The Morgan fingerprint density at radius 3 is 2.44 bits per heavy atom. The maximum absolute atomic E-state index is 12.2. The zero-order valence-corrected chi connectivity index (χ0v) is 19.1. The van der Waals surface area contributed by atoms with Gasteiger partial charge in [-0.2, -0.15) is 5.10 Å². The Bertz CT molecular complexity index is 1200. The molecule has 3 aromatic rings. The largest absolute Gasteiger partial charge is 0.423 e. The first-order valence-electron chi connectivity index (χ1n) is 9.30. The first-order chi connectivity index (χ1) is 15.3. The Labute approximate surface area is 197 Å². The number of rotatable bonds is 5. The normalized spacial score (nSPS) is 10.6. The number of aryl methyl sites for hydroxylation is 1. The number of carbonyl (C=O) groups is 3. The third kappa shape index (κ3) is 6.50. The number of nitrogens with one attached hydrogen (secondary N) is 2. The van der Waals surface area contributed by atoms with Crippen molar-refractivity contribution in [2.45, 2.75) is 6.92 Å². The highest BCUT2D eigenvalue weighted by molar-refractivity contribution is 9.10. The van der Waals surface area contributed by atoms with Gasteiger partial charge in [0.2, 0.25) is 0 Å². The highest BCUT2D eigenvalue weighted by atomic mass is 79.9. The molecule has 0 aromatic heterocycles. The lowest BCUT2D eigenvalue weighted by atomic mass is 10.2. The van der Waals surface area contributed by atoms with Gasteiger partial charge in [0.1, 0.15) is 5.75 Å². The van der Waals surface area contributed by atoms with Crippen LogP contribution in [-0.4, -0.2) is 24.0 Å². The molecule has 0 aliphatic carbocycles. The van der Waals surface area contributed by atoms with Crippen molar-refractivity contribution >= 4 is 57.2 Å². The SMILES string of the molecule is Cc1ccc(NC(=O)C(=O)N/N=C\c2ccc(OC(=O)c3cccc(Br)c3)cc2)cc1Cl. The molecule has 162 valence electrons. The summed E-state index contributed by atoms with van der Waals surface area (Å²) in [4.78, 5) is 36.0. The van der Waals surface area contributed by atoms with Gasteiger partial charge in [0.05, 0.1) is 11.8 Å². The van der Waals surface area contributed by atoms with Crippen molar-refractivity contribution in [3.05, 3.63) is 92.9 Å². The smallest absolute Gasteiger partial charge is 0.343 e. The highest BCUT2D eigenvalue weighted by Crippen LogP contribution is 2.20. The van der Waals surface area contributed by atoms with E-state index >= 15 is 0 Å². The van der Waals surface area contributed by atoms with E-state index in [-0.39, 0.29) is 0 Å². The molecule has 0 fully saturated rings. The van der Waals surface area contributed by atoms with E-state index in [2.05, 4.69) is 31.8 Å². The van der Waals surface area contributed by atoms with Gasteiger partial charge in [0, 0.05) is 15.2 Å². The number of anilines is 1. The molecule has 0 aliphatic heterocycles. The molecule has 7 nitrogen and oxygen atoms in total. The van der Waals surface area contributed by atoms with Crippen LogP contribution in [0.5, 0.6) is 5.75 Å². The number of nitrogens with zero attached hydrogens (tertiary/aromatic N) is 1. The fraction of sp³-hybridized carbons (Fsp3) is 0.0435. The zero-order valence-electron chi connectivity index (χ0n) is 16.8. The standard InChI is InChI=1S/C23H17BrClN3O4/c1-14-5-8-18(12-20(14)25)27-21(29)22(30)28-26-13-15-6-9-19(10-7-15)32-23(31)16-3-2-4-17(24)11-16/h2-13H,1H3,(H,27,29)(H,28,30)/b26-13-. The fourth-order valence-corrected chi connectivity index (χ4v) is 3.06. The number of halogens is 2. The van der Waals surface area contributed by atoms with E-state index in [0.717, 1.165) is 10.0 Å². The molecule has 0 atom stereocenters. The third-order valence-electron chi connectivity index (χ3n) is 4.17. The van der Waals surface area contributed by atoms with Gasteiger partial charge < -0.3 is 10.1 Å². The number of hydrogen-bond donors (Lipinski definition) is 2. The van der Waals surface area contributed by atoms with E-state index in [1.54, 1.807) is 60.7 Å². The summed E-state index contributed by atoms with van der Waals surface area (Å²) in [6.45, 7) is 1.83. The predicted molar refractivity (Wildman–Crippen MR) is 126 cm³/mol. The van der Waals surface area contributed by atoms with E-state index in [1.165, 1.54) is 6.21 Å². The van der Waals surface area contributed by atoms with Crippen LogP contribution in [0.15, 0.2) is 76.3 Å². The van der Waals surface area contributed by atoms with E-state index in [9.17, 15) is 14.4 Å². The Kier molecular flexibility index (Phi) is 7.75. The fourth-order valence-electron chi connectivity index (χ4n) is 2.48. The second kappa shape index (κ2) is 10.7. The molecule has 0 bridgehead atoms. The van der Waals surface area contributed by atoms with E-state index < -0.39 is 17.8 Å². The van der Waals surface area contributed by atoms with Crippen LogP contribution < -0.4 is 15.5 Å². The topological polar surface area (TPSA) is 96.9 Å². The van der Waals surface area contributed by atoms with Crippen LogP contribution in [0.3, 0.4) is 0 Å². The van der Waals surface area contributed by atoms with Crippen molar-refractivity contribution in [1.29, 1.82) is 0 Å². The van der Waals surface area contributed by atoms with Gasteiger partial charge in [-0.25, -0.2) is 10.2 Å². The molecule has 3 rings (SSSR count). The molecule has 0 heterocycles. The molecule has 32 heavy (non-hydrogen) atoms. The second-order valence-electron chi connectivity index (χ2n) is 6.59. The molecule has 2 N–H and O–H groups in total. The molecule has 0 spiro atoms. The van der Waals surface area contributed by atoms with Crippen LogP contribution in [0.4, 0.5) is 5.69 Å². The zero-order chi connectivity index (χ0) is 23.1. The van der Waals surface area contributed by atoms with Gasteiger partial charge >= 0.3 is 17.8 Å². The number of carbonyl (C=O) groups excluding carboxylic acids is 3. The van der Waals surface area contributed by atoms with Crippen LogP contribution in [-0.2, 0) is 9.59 Å². The van der Waals surface area contributed by atoms with E-state index in [4.69, 9.17) is 16.3 Å². The van der Waals surface area contributed by atoms with Crippen LogP contribution in [0.2, 0.25) is 5.02 Å². The number of benzene rings is 3. The second-order valence-corrected chi connectivity index (χ2v) is 7.91. The Balaban J connectivity index is 1.51. The van der Waals surface area contributed by atoms with E-state index in [0.29, 0.717) is 27.6 Å². The van der Waals surface area contributed by atoms with Crippen LogP contribution in [0.1, 0.15) is 21.5 Å². The Morgan fingerprint density at radius 2 is 1.75 bits per heavy atom. The van der Waals surface area contributed by atoms with Crippen molar-refractivity contribution in [2.75, 3.05) is 5.32 Å². The average Bonchev–Trinajstić information content (AvgIpc) is 2.77. The van der Waals surface area contributed by atoms with Crippen molar-refractivity contribution in [2.24, 2.45) is 5.10 Å². The van der Waals surface area contributed by atoms with Crippen LogP contribution >= 0.6 is 27.5 Å². The van der Waals surface area contributed by atoms with Gasteiger partial charge in [-0.05, 0) is 72.6 Å². The first kappa shape index (κ1) is 23.2. The Hall–Kier alpha value is -3.49. The first-order valence-corrected chi connectivity index (χ1v) is 10.5. The third-order valence-corrected chi connectivity index (χ3v) is 5.07. The summed E-state index contributed by atoms with van der Waals surface area (Å²) < 4.78 is 6.10. The van der Waals surface area contributed by atoms with Crippen LogP contribution in [0.25, 0.3) is 0 Å². The van der Waals surface area contributed by atoms with Gasteiger partial charge in [-0.1, -0.05) is 39.7 Å². The van der Waals surface area contributed by atoms with Gasteiger partial charge in [-0.15, -0.1) is 0 Å². The van der Waals surface area contributed by atoms with Crippen molar-refractivity contribution in [3.8, 4) is 5.75 Å². The van der Waals surface area contributed by atoms with Crippen LogP contribution in [0, 0.1) is 6.92 Å². The van der Waals surface area contributed by atoms with Gasteiger partial charge in [0.15, 0.2) is 0 Å². The molecular weight excluding hydrogens is 498 g/mol. The lowest BCUT2D eigenvalue weighted by molar-refractivity contribution is -0.136. The molecule has 0 saturated heterocycles. The maximum atomic E-state index is 12.2. The van der Waals surface area contributed by atoms with Crippen molar-refractivity contribution in [1.82, 2.24) is 5.43 Å². The summed E-state index contributed by atoms with van der Waals surface area (Å²) in [5, 5.41) is 6.68. The average molecular weight is 515 g/mol. The minimum atomic E-state index is -0.933. The maximum Gasteiger partial charge on any atom is 0.343 e. The number of ether oxygens (including phenoxy) is 1. The summed E-state index contributed by atoms with van der Waals surface area (Å²) in [5.74, 6) is -1.94. The number of esters is 1. The van der Waals surface area contributed by atoms with Gasteiger partial charge in [-0.3, -0.25) is 9.59 Å². The number of amides is 2. The van der Waals surface area contributed by atoms with E-state index in [1.807, 2.05) is 13.0 Å². The minimum absolute atomic E-state index is 0.354. The molecule has 9 heteroatoms. The lowest BCUT2D eigenvalue weighted by Gasteiger charge is -2.06. The minimum Gasteiger partial charge on any atom is -0.423 e. The highest BCUT2D eigenvalue weighted by Gasteiger charge is 2.13. The Morgan fingerprint density at radius 1 is 1.00 bits per heavy atom. The summed E-state index contributed by atoms with van der Waals surface area (Å²) in [5.41, 5.74) is 4.44. The molecule has 3 aromatic carbocycles.